The van der Waals surface area contributed by atoms with Gasteiger partial charge in [0.05, 0.1) is 4.92 Å². The minimum Gasteiger partial charge on any atom is -0.432 e. The maximum absolute atomic E-state index is 11.0. The van der Waals surface area contributed by atoms with Gasteiger partial charge in [0.25, 0.3) is 0 Å². The van der Waals surface area contributed by atoms with E-state index in [1.54, 1.807) is 30.5 Å². The summed E-state index contributed by atoms with van der Waals surface area (Å²) in [6.45, 7) is 4.92. The molecule has 0 radical (unpaired) electrons. The molecule has 1 heterocycles. The number of rotatable bonds is 6. The zero-order valence-electron chi connectivity index (χ0n) is 11.9. The third kappa shape index (κ3) is 3.76. The fourth-order valence-corrected chi connectivity index (χ4v) is 1.98. The highest BCUT2D eigenvalue weighted by Crippen LogP contribution is 2.30. The standard InChI is InChI=1S/C15H17N3O3/c1-3-16-11(2)12-8-9-17-15(10-12)21-14-7-5-4-6-13(14)18(19)20/h4-11,16H,3H2,1-2H3. The van der Waals surface area contributed by atoms with Gasteiger partial charge in [0.15, 0.2) is 0 Å². The third-order valence-electron chi connectivity index (χ3n) is 3.05. The van der Waals surface area contributed by atoms with Crippen LogP contribution >= 0.6 is 0 Å². The second kappa shape index (κ2) is 6.81. The molecule has 6 nitrogen and oxygen atoms in total. The maximum atomic E-state index is 11.0. The Labute approximate surface area is 122 Å². The van der Waals surface area contributed by atoms with Gasteiger partial charge in [0.1, 0.15) is 0 Å². The lowest BCUT2D eigenvalue weighted by atomic mass is 10.1. The van der Waals surface area contributed by atoms with Crippen LogP contribution in [0.25, 0.3) is 0 Å². The summed E-state index contributed by atoms with van der Waals surface area (Å²) in [5.41, 5.74) is 0.935. The third-order valence-corrected chi connectivity index (χ3v) is 3.05. The molecular formula is C15H17N3O3. The van der Waals surface area contributed by atoms with Crippen LogP contribution in [-0.4, -0.2) is 16.5 Å². The molecule has 0 aliphatic rings. The number of nitro groups is 1. The maximum Gasteiger partial charge on any atom is 0.311 e. The van der Waals surface area contributed by atoms with Crippen LogP contribution in [0.15, 0.2) is 42.6 Å². The van der Waals surface area contributed by atoms with Crippen LogP contribution in [0.4, 0.5) is 5.69 Å². The van der Waals surface area contributed by atoms with E-state index in [1.807, 2.05) is 19.9 Å². The predicted molar refractivity (Wildman–Crippen MR) is 79.5 cm³/mol. The van der Waals surface area contributed by atoms with Gasteiger partial charge in [-0.15, -0.1) is 0 Å². The highest BCUT2D eigenvalue weighted by molar-refractivity contribution is 5.47. The quantitative estimate of drug-likeness (QED) is 0.650. The molecule has 1 atom stereocenters. The van der Waals surface area contributed by atoms with Gasteiger partial charge >= 0.3 is 5.69 Å². The Hall–Kier alpha value is -2.47. The molecule has 0 saturated heterocycles. The predicted octanol–water partition coefficient (Wildman–Crippen LogP) is 3.45. The monoisotopic (exact) mass is 287 g/mol. The molecular weight excluding hydrogens is 270 g/mol. The number of benzene rings is 1. The fraction of sp³-hybridized carbons (Fsp3) is 0.267. The topological polar surface area (TPSA) is 77.3 Å². The van der Waals surface area contributed by atoms with E-state index in [0.717, 1.165) is 12.1 Å². The Balaban J connectivity index is 2.24. The molecule has 1 unspecified atom stereocenters. The highest BCUT2D eigenvalue weighted by atomic mass is 16.6. The van der Waals surface area contributed by atoms with Crippen LogP contribution < -0.4 is 10.1 Å². The summed E-state index contributed by atoms with van der Waals surface area (Å²) in [5.74, 6) is 0.523. The van der Waals surface area contributed by atoms with Crippen molar-refractivity contribution in [2.24, 2.45) is 0 Å². The molecule has 2 aromatic rings. The Kier molecular flexibility index (Phi) is 4.84. The van der Waals surface area contributed by atoms with Crippen molar-refractivity contribution in [2.45, 2.75) is 19.9 Å². The summed E-state index contributed by atoms with van der Waals surface area (Å²) >= 11 is 0. The summed E-state index contributed by atoms with van der Waals surface area (Å²) in [6, 6.07) is 10.1. The number of hydrogen-bond donors (Lipinski definition) is 1. The number of pyridine rings is 1. The molecule has 0 aliphatic carbocycles. The van der Waals surface area contributed by atoms with E-state index in [9.17, 15) is 10.1 Å². The minimum atomic E-state index is -0.472. The molecule has 0 saturated carbocycles. The first-order valence-corrected chi connectivity index (χ1v) is 6.72. The van der Waals surface area contributed by atoms with E-state index in [0.29, 0.717) is 5.88 Å². The van der Waals surface area contributed by atoms with Crippen LogP contribution in [-0.2, 0) is 0 Å². The molecule has 0 fully saturated rings. The van der Waals surface area contributed by atoms with Crippen LogP contribution in [0.3, 0.4) is 0 Å². The summed E-state index contributed by atoms with van der Waals surface area (Å²) < 4.78 is 5.56. The molecule has 6 heteroatoms. The first kappa shape index (κ1) is 14.9. The fourth-order valence-electron chi connectivity index (χ4n) is 1.98. The van der Waals surface area contributed by atoms with Crippen molar-refractivity contribution in [2.75, 3.05) is 6.54 Å². The number of para-hydroxylation sites is 2. The summed E-state index contributed by atoms with van der Waals surface area (Å²) in [7, 11) is 0. The number of nitro benzene ring substituents is 1. The first-order valence-electron chi connectivity index (χ1n) is 6.72. The van der Waals surface area contributed by atoms with Gasteiger partial charge < -0.3 is 10.1 Å². The van der Waals surface area contributed by atoms with Gasteiger partial charge in [0.2, 0.25) is 11.6 Å². The van der Waals surface area contributed by atoms with E-state index >= 15 is 0 Å². The lowest BCUT2D eigenvalue weighted by Gasteiger charge is -2.13. The Bertz CT molecular complexity index is 631. The zero-order chi connectivity index (χ0) is 15.2. The number of aromatic nitrogens is 1. The lowest BCUT2D eigenvalue weighted by Crippen LogP contribution is -2.17. The van der Waals surface area contributed by atoms with Gasteiger partial charge in [0, 0.05) is 24.4 Å². The number of ether oxygens (including phenoxy) is 1. The SMILES string of the molecule is CCNC(C)c1ccnc(Oc2ccccc2[N+](=O)[O-])c1. The first-order chi connectivity index (χ1) is 10.1. The normalized spacial score (nSPS) is 11.9. The highest BCUT2D eigenvalue weighted by Gasteiger charge is 2.15. The van der Waals surface area contributed by atoms with Crippen molar-refractivity contribution in [1.29, 1.82) is 0 Å². The second-order valence-corrected chi connectivity index (χ2v) is 4.53. The molecule has 1 aromatic heterocycles. The summed E-state index contributed by atoms with van der Waals surface area (Å²) in [4.78, 5) is 14.6. The average molecular weight is 287 g/mol. The largest absolute Gasteiger partial charge is 0.432 e. The molecule has 0 spiro atoms. The second-order valence-electron chi connectivity index (χ2n) is 4.53. The summed E-state index contributed by atoms with van der Waals surface area (Å²) in [5, 5.41) is 14.3. The Morgan fingerprint density at radius 3 is 2.86 bits per heavy atom. The van der Waals surface area contributed by atoms with Crippen LogP contribution in [0.2, 0.25) is 0 Å². The van der Waals surface area contributed by atoms with E-state index in [2.05, 4.69) is 10.3 Å². The molecule has 0 aliphatic heterocycles. The zero-order valence-corrected chi connectivity index (χ0v) is 11.9. The van der Waals surface area contributed by atoms with Gasteiger partial charge in [-0.25, -0.2) is 4.98 Å². The van der Waals surface area contributed by atoms with E-state index in [1.165, 1.54) is 6.07 Å². The molecule has 2 rings (SSSR count). The molecule has 110 valence electrons. The molecule has 0 amide bonds. The Morgan fingerprint density at radius 2 is 2.14 bits per heavy atom. The van der Waals surface area contributed by atoms with Crippen molar-refractivity contribution in [3.05, 3.63) is 58.3 Å². The van der Waals surface area contributed by atoms with Crippen molar-refractivity contribution in [3.8, 4) is 11.6 Å². The van der Waals surface area contributed by atoms with Gasteiger partial charge in [-0.1, -0.05) is 19.1 Å². The average Bonchev–Trinajstić information content (AvgIpc) is 2.48. The van der Waals surface area contributed by atoms with Crippen LogP contribution in [0, 0.1) is 10.1 Å². The van der Waals surface area contributed by atoms with Gasteiger partial charge in [-0.3, -0.25) is 10.1 Å². The Morgan fingerprint density at radius 1 is 1.38 bits per heavy atom. The molecule has 1 N–H and O–H groups in total. The number of nitrogens with one attached hydrogen (secondary N) is 1. The van der Waals surface area contributed by atoms with Crippen molar-refractivity contribution in [1.82, 2.24) is 10.3 Å². The smallest absolute Gasteiger partial charge is 0.311 e. The van der Waals surface area contributed by atoms with Gasteiger partial charge in [-0.2, -0.15) is 0 Å². The number of hydrogen-bond acceptors (Lipinski definition) is 5. The minimum absolute atomic E-state index is 0.0792. The molecule has 0 bridgehead atoms. The van der Waals surface area contributed by atoms with E-state index in [4.69, 9.17) is 4.74 Å². The van der Waals surface area contributed by atoms with E-state index in [-0.39, 0.29) is 17.5 Å². The molecule has 1 aromatic carbocycles. The van der Waals surface area contributed by atoms with Crippen molar-refractivity contribution >= 4 is 5.69 Å². The van der Waals surface area contributed by atoms with Crippen LogP contribution in [0.5, 0.6) is 11.6 Å². The summed E-state index contributed by atoms with van der Waals surface area (Å²) in [6.07, 6.45) is 1.63. The van der Waals surface area contributed by atoms with Crippen LogP contribution in [0.1, 0.15) is 25.5 Å². The molecule has 21 heavy (non-hydrogen) atoms. The van der Waals surface area contributed by atoms with Crippen molar-refractivity contribution < 1.29 is 9.66 Å². The van der Waals surface area contributed by atoms with Gasteiger partial charge in [-0.05, 0) is 31.2 Å². The lowest BCUT2D eigenvalue weighted by molar-refractivity contribution is -0.385. The number of nitrogens with zero attached hydrogens (tertiary/aromatic N) is 2. The van der Waals surface area contributed by atoms with Crippen molar-refractivity contribution in [3.63, 3.8) is 0 Å². The van der Waals surface area contributed by atoms with E-state index < -0.39 is 4.92 Å².